The number of halogens is 3. The molecule has 188 valence electrons. The van der Waals surface area contributed by atoms with Crippen LogP contribution in [-0.2, 0) is 11.0 Å². The van der Waals surface area contributed by atoms with Crippen LogP contribution in [0.15, 0.2) is 48.5 Å². The van der Waals surface area contributed by atoms with Crippen LogP contribution < -0.4 is 15.4 Å². The zero-order valence-corrected chi connectivity index (χ0v) is 18.9. The first-order chi connectivity index (χ1) is 16.6. The van der Waals surface area contributed by atoms with Crippen molar-refractivity contribution < 1.29 is 37.4 Å². The summed E-state index contributed by atoms with van der Waals surface area (Å²) in [4.78, 5) is 35.4. The third kappa shape index (κ3) is 7.73. The van der Waals surface area contributed by atoms with Gasteiger partial charge in [0.05, 0.1) is 23.3 Å². The molecule has 1 fully saturated rings. The van der Waals surface area contributed by atoms with Crippen molar-refractivity contribution in [1.29, 1.82) is 0 Å². The van der Waals surface area contributed by atoms with Gasteiger partial charge in [-0.3, -0.25) is 9.59 Å². The molecule has 0 bridgehead atoms. The Bertz CT molecular complexity index is 1030. The topological polar surface area (TPSA) is 105 Å². The highest BCUT2D eigenvalue weighted by molar-refractivity contribution is 5.96. The zero-order chi connectivity index (χ0) is 25.4. The summed E-state index contributed by atoms with van der Waals surface area (Å²) < 4.78 is 44.9. The third-order valence-corrected chi connectivity index (χ3v) is 5.85. The van der Waals surface area contributed by atoms with Crippen molar-refractivity contribution in [2.45, 2.75) is 50.8 Å². The van der Waals surface area contributed by atoms with Crippen LogP contribution in [0, 0.1) is 5.92 Å². The van der Waals surface area contributed by atoms with Crippen LogP contribution in [0.1, 0.15) is 54.4 Å². The maximum absolute atomic E-state index is 13.0. The highest BCUT2D eigenvalue weighted by Crippen LogP contribution is 2.34. The fraction of sp³-hybridized carbons (Fsp3) is 0.400. The van der Waals surface area contributed by atoms with Gasteiger partial charge in [0, 0.05) is 18.5 Å². The highest BCUT2D eigenvalue weighted by atomic mass is 19.4. The third-order valence-electron chi connectivity index (χ3n) is 5.85. The van der Waals surface area contributed by atoms with Gasteiger partial charge >= 0.3 is 18.2 Å². The molecule has 0 saturated heterocycles. The van der Waals surface area contributed by atoms with E-state index in [1.807, 2.05) is 0 Å². The monoisotopic (exact) mass is 492 g/mol. The Balaban J connectivity index is 1.39. The van der Waals surface area contributed by atoms with Gasteiger partial charge in [0.2, 0.25) is 0 Å². The van der Waals surface area contributed by atoms with Crippen molar-refractivity contribution >= 4 is 23.5 Å². The molecular formula is C25H27F3N2O5. The highest BCUT2D eigenvalue weighted by Gasteiger charge is 2.33. The fourth-order valence-electron chi connectivity index (χ4n) is 3.94. The number of hydrogen-bond acceptors (Lipinski definition) is 4. The summed E-state index contributed by atoms with van der Waals surface area (Å²) in [5, 5.41) is 13.7. The lowest BCUT2D eigenvalue weighted by Gasteiger charge is -2.26. The van der Waals surface area contributed by atoms with E-state index < -0.39 is 23.7 Å². The minimum atomic E-state index is -4.59. The van der Waals surface area contributed by atoms with Crippen molar-refractivity contribution in [3.63, 3.8) is 0 Å². The Morgan fingerprint density at radius 1 is 0.971 bits per heavy atom. The number of nitrogens with one attached hydrogen (secondary N) is 2. The smallest absolute Gasteiger partial charge is 0.418 e. The summed E-state index contributed by atoms with van der Waals surface area (Å²) >= 11 is 0. The van der Waals surface area contributed by atoms with E-state index in [0.717, 1.165) is 6.07 Å². The van der Waals surface area contributed by atoms with Crippen LogP contribution in [0.3, 0.4) is 0 Å². The van der Waals surface area contributed by atoms with Crippen molar-refractivity contribution in [2.24, 2.45) is 5.92 Å². The summed E-state index contributed by atoms with van der Waals surface area (Å²) in [7, 11) is 0. The molecule has 3 N–H and O–H groups in total. The van der Waals surface area contributed by atoms with Crippen LogP contribution >= 0.6 is 0 Å². The first-order valence-corrected chi connectivity index (χ1v) is 11.4. The van der Waals surface area contributed by atoms with Crippen molar-refractivity contribution in [3.8, 4) is 5.75 Å². The number of ketones is 1. The van der Waals surface area contributed by atoms with E-state index in [1.54, 1.807) is 24.3 Å². The number of benzene rings is 2. The molecule has 0 spiro atoms. The predicted molar refractivity (Wildman–Crippen MR) is 122 cm³/mol. The van der Waals surface area contributed by atoms with E-state index in [2.05, 4.69) is 10.6 Å². The Kier molecular flexibility index (Phi) is 8.73. The largest absolute Gasteiger partial charge is 0.490 e. The minimum Gasteiger partial charge on any atom is -0.490 e. The maximum atomic E-state index is 13.0. The average Bonchev–Trinajstić information content (AvgIpc) is 2.82. The molecule has 10 heteroatoms. The lowest BCUT2D eigenvalue weighted by Crippen LogP contribution is -2.30. The molecule has 2 amide bonds. The number of alkyl halides is 3. The molecule has 1 aliphatic rings. The van der Waals surface area contributed by atoms with E-state index in [4.69, 9.17) is 9.84 Å². The number of amides is 2. The van der Waals surface area contributed by atoms with E-state index in [-0.39, 0.29) is 36.5 Å². The lowest BCUT2D eigenvalue weighted by molar-refractivity contribution is -0.143. The molecule has 2 aromatic rings. The normalized spacial score (nSPS) is 17.9. The SMILES string of the molecule is O=C(NCCCC(=O)c1ccc(OC2CCC(C(=O)O)CC2)cc1)Nc1ccccc1C(F)(F)F. The number of para-hydroxylation sites is 1. The zero-order valence-electron chi connectivity index (χ0n) is 18.9. The van der Waals surface area contributed by atoms with Crippen molar-refractivity contribution in [3.05, 3.63) is 59.7 Å². The molecule has 0 atom stereocenters. The molecule has 0 heterocycles. The van der Waals surface area contributed by atoms with Crippen LogP contribution in [0.4, 0.5) is 23.7 Å². The quantitative estimate of drug-likeness (QED) is 0.316. The first kappa shape index (κ1) is 26.1. The maximum Gasteiger partial charge on any atom is 0.418 e. The van der Waals surface area contributed by atoms with Crippen molar-refractivity contribution in [2.75, 3.05) is 11.9 Å². The van der Waals surface area contributed by atoms with Gasteiger partial charge in [0.15, 0.2) is 5.78 Å². The van der Waals surface area contributed by atoms with Gasteiger partial charge in [-0.15, -0.1) is 0 Å². The molecule has 7 nitrogen and oxygen atoms in total. The Hall–Kier alpha value is -3.56. The molecule has 0 aliphatic heterocycles. The summed E-state index contributed by atoms with van der Waals surface area (Å²) in [6, 6.07) is 10.6. The molecule has 2 aromatic carbocycles. The van der Waals surface area contributed by atoms with Gasteiger partial charge in [0.25, 0.3) is 0 Å². The second-order valence-electron chi connectivity index (χ2n) is 8.41. The van der Waals surface area contributed by atoms with Crippen LogP contribution in [0.2, 0.25) is 0 Å². The van der Waals surface area contributed by atoms with Crippen LogP contribution in [-0.4, -0.2) is 35.5 Å². The Morgan fingerprint density at radius 3 is 2.26 bits per heavy atom. The summed E-state index contributed by atoms with van der Waals surface area (Å²) in [6.45, 7) is 0.117. The van der Waals surface area contributed by atoms with Gasteiger partial charge in [-0.1, -0.05) is 12.1 Å². The molecule has 0 radical (unpaired) electrons. The number of urea groups is 1. The molecular weight excluding hydrogens is 465 g/mol. The lowest BCUT2D eigenvalue weighted by atomic mass is 9.87. The van der Waals surface area contributed by atoms with E-state index in [0.29, 0.717) is 43.4 Å². The number of aliphatic carboxylic acids is 1. The fourth-order valence-corrected chi connectivity index (χ4v) is 3.94. The molecule has 1 saturated carbocycles. The minimum absolute atomic E-state index is 0.0486. The number of carbonyl (C=O) groups is 3. The number of rotatable bonds is 9. The number of carboxylic acid groups (broad SMARTS) is 1. The van der Waals surface area contributed by atoms with Gasteiger partial charge in [-0.2, -0.15) is 13.2 Å². The summed E-state index contributed by atoms with van der Waals surface area (Å²) in [5.74, 6) is -0.610. The number of Topliss-reactive ketones (excluding diaryl/α,β-unsaturated/α-hetero) is 1. The molecule has 0 aromatic heterocycles. The van der Waals surface area contributed by atoms with Crippen molar-refractivity contribution in [1.82, 2.24) is 5.32 Å². The standard InChI is InChI=1S/C25H27F3N2O5/c26-25(27,28)20-4-1-2-5-21(20)30-24(34)29-15-3-6-22(31)16-7-11-18(12-8-16)35-19-13-9-17(10-14-19)23(32)33/h1-2,4-5,7-8,11-12,17,19H,3,6,9-10,13-15H2,(H,32,33)(H2,29,30,34). The second-order valence-corrected chi connectivity index (χ2v) is 8.41. The number of hydrogen-bond donors (Lipinski definition) is 3. The number of ether oxygens (including phenoxy) is 1. The van der Waals surface area contributed by atoms with Gasteiger partial charge in [-0.05, 0) is 68.5 Å². The van der Waals surface area contributed by atoms with E-state index >= 15 is 0 Å². The molecule has 3 rings (SSSR count). The number of carboxylic acids is 1. The Morgan fingerprint density at radius 2 is 1.63 bits per heavy atom. The van der Waals surface area contributed by atoms with E-state index in [1.165, 1.54) is 18.2 Å². The summed E-state index contributed by atoms with van der Waals surface area (Å²) in [6.07, 6.45) is -1.67. The second kappa shape index (κ2) is 11.7. The first-order valence-electron chi connectivity index (χ1n) is 11.4. The van der Waals surface area contributed by atoms with Gasteiger partial charge in [-0.25, -0.2) is 4.79 Å². The van der Waals surface area contributed by atoms with Gasteiger partial charge < -0.3 is 20.5 Å². The predicted octanol–water partition coefficient (Wildman–Crippen LogP) is 5.51. The number of anilines is 1. The molecule has 0 unspecified atom stereocenters. The number of carbonyl (C=O) groups excluding carboxylic acids is 2. The van der Waals surface area contributed by atoms with Crippen LogP contribution in [0.25, 0.3) is 0 Å². The van der Waals surface area contributed by atoms with E-state index in [9.17, 15) is 27.6 Å². The Labute approximate surface area is 200 Å². The summed E-state index contributed by atoms with van der Waals surface area (Å²) in [5.41, 5.74) is -0.799. The van der Waals surface area contributed by atoms with Gasteiger partial charge in [0.1, 0.15) is 5.75 Å². The molecule has 1 aliphatic carbocycles. The molecule has 35 heavy (non-hydrogen) atoms. The van der Waals surface area contributed by atoms with Crippen LogP contribution in [0.5, 0.6) is 5.75 Å². The average molecular weight is 492 g/mol.